The first kappa shape index (κ1) is 19.0. The molecule has 0 bridgehead atoms. The molecular weight excluding hydrogens is 372 g/mol. The molecule has 6 nitrogen and oxygen atoms in total. The van der Waals surface area contributed by atoms with E-state index in [2.05, 4.69) is 26.1 Å². The Morgan fingerprint density at radius 1 is 1.07 bits per heavy atom. The number of nitrogens with one attached hydrogen (secondary N) is 1. The van der Waals surface area contributed by atoms with Gasteiger partial charge < -0.3 is 4.90 Å². The van der Waals surface area contributed by atoms with E-state index in [0.717, 1.165) is 38.5 Å². The Morgan fingerprint density at radius 3 is 2.36 bits per heavy atom. The lowest BCUT2D eigenvalue weighted by atomic mass is 10.1. The number of anilines is 2. The SMILES string of the molecule is C=CCN1CCN(c2ccc(NS(=O)(=O)c3ccc(C4CC4)cc3)cn2)CC1. The number of hydrogen-bond donors (Lipinski definition) is 1. The van der Waals surface area contributed by atoms with Crippen LogP contribution in [0.25, 0.3) is 0 Å². The van der Waals surface area contributed by atoms with E-state index in [0.29, 0.717) is 11.6 Å². The molecule has 1 aromatic carbocycles. The highest BCUT2D eigenvalue weighted by Crippen LogP contribution is 2.40. The smallest absolute Gasteiger partial charge is 0.261 e. The van der Waals surface area contributed by atoms with Gasteiger partial charge in [0.25, 0.3) is 10.0 Å². The molecule has 0 atom stereocenters. The Morgan fingerprint density at radius 2 is 1.79 bits per heavy atom. The van der Waals surface area contributed by atoms with Crippen molar-refractivity contribution in [2.45, 2.75) is 23.7 Å². The molecule has 2 aliphatic rings. The first-order valence-electron chi connectivity index (χ1n) is 9.72. The van der Waals surface area contributed by atoms with Crippen molar-refractivity contribution >= 4 is 21.5 Å². The Kier molecular flexibility index (Phi) is 5.37. The van der Waals surface area contributed by atoms with E-state index in [1.807, 2.05) is 24.3 Å². The van der Waals surface area contributed by atoms with E-state index in [-0.39, 0.29) is 4.90 Å². The van der Waals surface area contributed by atoms with Gasteiger partial charge in [0.2, 0.25) is 0 Å². The maximum Gasteiger partial charge on any atom is 0.261 e. The van der Waals surface area contributed by atoms with Crippen molar-refractivity contribution in [2.75, 3.05) is 42.3 Å². The average Bonchev–Trinajstić information content (AvgIpc) is 3.55. The van der Waals surface area contributed by atoms with Crippen LogP contribution in [0.3, 0.4) is 0 Å². The second-order valence-corrected chi connectivity index (χ2v) is 9.11. The number of rotatable bonds is 7. The monoisotopic (exact) mass is 398 g/mol. The van der Waals surface area contributed by atoms with Gasteiger partial charge in [-0.05, 0) is 48.6 Å². The summed E-state index contributed by atoms with van der Waals surface area (Å²) in [5.41, 5.74) is 1.69. The molecule has 1 saturated carbocycles. The summed E-state index contributed by atoms with van der Waals surface area (Å²) in [6.07, 6.45) is 5.91. The third kappa shape index (κ3) is 4.36. The maximum absolute atomic E-state index is 12.6. The number of hydrogen-bond acceptors (Lipinski definition) is 5. The van der Waals surface area contributed by atoms with Gasteiger partial charge in [0.15, 0.2) is 0 Å². The summed E-state index contributed by atoms with van der Waals surface area (Å²) < 4.78 is 27.9. The van der Waals surface area contributed by atoms with Gasteiger partial charge in [-0.1, -0.05) is 18.2 Å². The number of benzene rings is 1. The van der Waals surface area contributed by atoms with Crippen molar-refractivity contribution in [3.05, 3.63) is 60.8 Å². The van der Waals surface area contributed by atoms with E-state index >= 15 is 0 Å². The van der Waals surface area contributed by atoms with Gasteiger partial charge in [-0.15, -0.1) is 6.58 Å². The van der Waals surface area contributed by atoms with Crippen molar-refractivity contribution in [1.29, 1.82) is 0 Å². The van der Waals surface area contributed by atoms with Crippen LogP contribution in [0.2, 0.25) is 0 Å². The average molecular weight is 399 g/mol. The van der Waals surface area contributed by atoms with E-state index in [1.165, 1.54) is 18.4 Å². The van der Waals surface area contributed by atoms with Crippen LogP contribution in [0.5, 0.6) is 0 Å². The molecule has 1 N–H and O–H groups in total. The molecule has 0 radical (unpaired) electrons. The zero-order valence-electron chi connectivity index (χ0n) is 15.9. The highest BCUT2D eigenvalue weighted by Gasteiger charge is 2.24. The molecule has 2 heterocycles. The zero-order chi connectivity index (χ0) is 19.6. The minimum absolute atomic E-state index is 0.277. The number of pyridine rings is 1. The van der Waals surface area contributed by atoms with Crippen molar-refractivity contribution in [1.82, 2.24) is 9.88 Å². The summed E-state index contributed by atoms with van der Waals surface area (Å²) >= 11 is 0. The first-order valence-corrected chi connectivity index (χ1v) is 11.2. The van der Waals surface area contributed by atoms with Crippen LogP contribution >= 0.6 is 0 Å². The molecular formula is C21H26N4O2S. The maximum atomic E-state index is 12.6. The fourth-order valence-corrected chi connectivity index (χ4v) is 4.57. The third-order valence-electron chi connectivity index (χ3n) is 5.32. The zero-order valence-corrected chi connectivity index (χ0v) is 16.7. The molecule has 0 spiro atoms. The van der Waals surface area contributed by atoms with Crippen LogP contribution < -0.4 is 9.62 Å². The lowest BCUT2D eigenvalue weighted by molar-refractivity contribution is 0.283. The molecule has 1 aliphatic carbocycles. The Balaban J connectivity index is 1.39. The van der Waals surface area contributed by atoms with E-state index < -0.39 is 10.0 Å². The predicted octanol–water partition coefficient (Wildman–Crippen LogP) is 3.07. The van der Waals surface area contributed by atoms with E-state index in [4.69, 9.17) is 0 Å². The highest BCUT2D eigenvalue weighted by atomic mass is 32.2. The summed E-state index contributed by atoms with van der Waals surface area (Å²) in [4.78, 5) is 9.30. The van der Waals surface area contributed by atoms with Crippen molar-refractivity contribution < 1.29 is 8.42 Å². The molecule has 1 saturated heterocycles. The largest absolute Gasteiger partial charge is 0.354 e. The van der Waals surface area contributed by atoms with Gasteiger partial charge in [0.1, 0.15) is 5.82 Å². The fraction of sp³-hybridized carbons (Fsp3) is 0.381. The Hall–Kier alpha value is -2.38. The van der Waals surface area contributed by atoms with Gasteiger partial charge in [-0.2, -0.15) is 0 Å². The summed E-state index contributed by atoms with van der Waals surface area (Å²) in [5, 5.41) is 0. The van der Waals surface area contributed by atoms with Gasteiger partial charge in [0, 0.05) is 32.7 Å². The van der Waals surface area contributed by atoms with Gasteiger partial charge in [0.05, 0.1) is 16.8 Å². The van der Waals surface area contributed by atoms with Gasteiger partial charge >= 0.3 is 0 Å². The van der Waals surface area contributed by atoms with Gasteiger partial charge in [-0.25, -0.2) is 13.4 Å². The summed E-state index contributed by atoms with van der Waals surface area (Å²) in [5.74, 6) is 1.48. The molecule has 2 aromatic rings. The normalized spacial score (nSPS) is 18.1. The Labute approximate surface area is 166 Å². The molecule has 2 fully saturated rings. The molecule has 0 unspecified atom stereocenters. The van der Waals surface area contributed by atoms with Crippen LogP contribution in [-0.4, -0.2) is 51.0 Å². The molecule has 28 heavy (non-hydrogen) atoms. The summed E-state index contributed by atoms with van der Waals surface area (Å²) in [6.45, 7) is 8.44. The molecule has 1 aromatic heterocycles. The fourth-order valence-electron chi connectivity index (χ4n) is 3.53. The lowest BCUT2D eigenvalue weighted by Gasteiger charge is -2.34. The molecule has 1 aliphatic heterocycles. The van der Waals surface area contributed by atoms with Crippen molar-refractivity contribution in [3.8, 4) is 0 Å². The number of aromatic nitrogens is 1. The summed E-state index contributed by atoms with van der Waals surface area (Å²) in [7, 11) is -3.61. The predicted molar refractivity (Wildman–Crippen MR) is 112 cm³/mol. The van der Waals surface area contributed by atoms with E-state index in [9.17, 15) is 8.42 Å². The van der Waals surface area contributed by atoms with Gasteiger partial charge in [-0.3, -0.25) is 9.62 Å². The quantitative estimate of drug-likeness (QED) is 0.726. The van der Waals surface area contributed by atoms with Crippen LogP contribution in [0.4, 0.5) is 11.5 Å². The highest BCUT2D eigenvalue weighted by molar-refractivity contribution is 7.92. The van der Waals surface area contributed by atoms with Crippen LogP contribution in [0.15, 0.2) is 60.1 Å². The number of nitrogens with zero attached hydrogens (tertiary/aromatic N) is 3. The minimum atomic E-state index is -3.61. The molecule has 148 valence electrons. The Bertz CT molecular complexity index is 914. The lowest BCUT2D eigenvalue weighted by Crippen LogP contribution is -2.46. The number of sulfonamides is 1. The molecule has 4 rings (SSSR count). The first-order chi connectivity index (χ1) is 13.5. The minimum Gasteiger partial charge on any atom is -0.354 e. The van der Waals surface area contributed by atoms with Crippen LogP contribution in [-0.2, 0) is 10.0 Å². The van der Waals surface area contributed by atoms with Crippen molar-refractivity contribution in [2.24, 2.45) is 0 Å². The molecule has 7 heteroatoms. The topological polar surface area (TPSA) is 65.5 Å². The second-order valence-electron chi connectivity index (χ2n) is 7.43. The van der Waals surface area contributed by atoms with E-state index in [1.54, 1.807) is 24.4 Å². The van der Waals surface area contributed by atoms with Crippen LogP contribution in [0.1, 0.15) is 24.3 Å². The third-order valence-corrected chi connectivity index (χ3v) is 6.72. The second kappa shape index (κ2) is 7.93. The number of piperazine rings is 1. The van der Waals surface area contributed by atoms with Crippen molar-refractivity contribution in [3.63, 3.8) is 0 Å². The molecule has 0 amide bonds. The summed E-state index contributed by atoms with van der Waals surface area (Å²) in [6, 6.07) is 10.8. The standard InChI is InChI=1S/C21H26N4O2S/c1-2-11-24-12-14-25(15-13-24)21-10-7-19(16-22-21)23-28(26,27)20-8-5-18(6-9-20)17-3-4-17/h2,5-10,16-17,23H,1,3-4,11-15H2. The van der Waals surface area contributed by atoms with Crippen LogP contribution in [0, 0.1) is 0 Å².